The summed E-state index contributed by atoms with van der Waals surface area (Å²) in [6, 6.07) is 7.07. The Morgan fingerprint density at radius 2 is 1.64 bits per heavy atom. The first-order valence-corrected chi connectivity index (χ1v) is 25.2. The highest BCUT2D eigenvalue weighted by Gasteiger charge is 2.55. The lowest BCUT2D eigenvalue weighted by Crippen LogP contribution is -2.62. The van der Waals surface area contributed by atoms with Gasteiger partial charge in [0.1, 0.15) is 36.3 Å². The predicted octanol–water partition coefficient (Wildman–Crippen LogP) is 2.60. The Kier molecular flexibility index (Phi) is 18.4. The van der Waals surface area contributed by atoms with Crippen LogP contribution in [0, 0.1) is 23.7 Å². The highest BCUT2D eigenvalue weighted by Crippen LogP contribution is 2.45. The third-order valence-corrected chi connectivity index (χ3v) is 15.9. The van der Waals surface area contributed by atoms with Gasteiger partial charge in [-0.05, 0) is 121 Å². The van der Waals surface area contributed by atoms with Crippen LogP contribution >= 0.6 is 0 Å². The van der Waals surface area contributed by atoms with Gasteiger partial charge in [0.2, 0.25) is 0 Å². The number of esters is 1. The lowest BCUT2D eigenvalue weighted by Gasteiger charge is -2.51. The summed E-state index contributed by atoms with van der Waals surface area (Å²) in [6.45, 7) is 19.6. The van der Waals surface area contributed by atoms with Crippen LogP contribution in [0.15, 0.2) is 36.8 Å². The second kappa shape index (κ2) is 23.1. The zero-order valence-corrected chi connectivity index (χ0v) is 43.7. The fourth-order valence-corrected chi connectivity index (χ4v) is 11.6. The number of tetrazole rings is 1. The van der Waals surface area contributed by atoms with Gasteiger partial charge >= 0.3 is 5.97 Å². The molecule has 5 heterocycles. The van der Waals surface area contributed by atoms with Crippen molar-refractivity contribution in [1.29, 1.82) is 0 Å². The Morgan fingerprint density at radius 1 is 0.943 bits per heavy atom. The zero-order chi connectivity index (χ0) is 51.5. The van der Waals surface area contributed by atoms with E-state index in [9.17, 15) is 30.3 Å². The van der Waals surface area contributed by atoms with Crippen molar-refractivity contribution >= 4 is 5.97 Å². The molecule has 394 valence electrons. The lowest BCUT2D eigenvalue weighted by molar-refractivity contribution is -0.302. The molecule has 0 saturated carbocycles. The van der Waals surface area contributed by atoms with Crippen molar-refractivity contribution in [3.8, 4) is 5.69 Å². The molecule has 3 saturated heterocycles. The summed E-state index contributed by atoms with van der Waals surface area (Å²) in [4.78, 5) is 18.6. The summed E-state index contributed by atoms with van der Waals surface area (Å²) in [5, 5.41) is 80.2. The summed E-state index contributed by atoms with van der Waals surface area (Å²) in [7, 11) is 5.35. The molecule has 3 aliphatic rings. The van der Waals surface area contributed by atoms with E-state index in [-0.39, 0.29) is 31.3 Å². The molecule has 0 radical (unpaired) electrons. The molecule has 5 N–H and O–H groups in total. The van der Waals surface area contributed by atoms with E-state index in [2.05, 4.69) is 30.7 Å². The molecule has 20 nitrogen and oxygen atoms in total. The van der Waals surface area contributed by atoms with Gasteiger partial charge < -0.3 is 59.0 Å². The van der Waals surface area contributed by atoms with E-state index in [4.69, 9.17) is 23.7 Å². The Morgan fingerprint density at radius 3 is 2.29 bits per heavy atom. The minimum absolute atomic E-state index is 0.166. The third kappa shape index (κ3) is 12.6. The van der Waals surface area contributed by atoms with Crippen LogP contribution in [-0.4, -0.2) is 195 Å². The van der Waals surface area contributed by atoms with Gasteiger partial charge in [-0.1, -0.05) is 45.0 Å². The van der Waals surface area contributed by atoms with Crippen molar-refractivity contribution in [3.63, 3.8) is 0 Å². The number of carbonyl (C=O) groups excluding carboxylic acids is 1. The summed E-state index contributed by atoms with van der Waals surface area (Å²) in [6.07, 6.45) is -2.42. The number of carbonyl (C=O) groups is 1. The van der Waals surface area contributed by atoms with E-state index in [0.717, 1.165) is 23.4 Å². The van der Waals surface area contributed by atoms with Gasteiger partial charge in [0.05, 0.1) is 52.9 Å². The van der Waals surface area contributed by atoms with E-state index in [0.29, 0.717) is 32.5 Å². The second-order valence-corrected chi connectivity index (χ2v) is 21.7. The van der Waals surface area contributed by atoms with Gasteiger partial charge in [-0.3, -0.25) is 9.48 Å². The molecule has 6 rings (SSSR count). The molecule has 0 aliphatic carbocycles. The zero-order valence-electron chi connectivity index (χ0n) is 43.7. The lowest BCUT2D eigenvalue weighted by atomic mass is 9.68. The summed E-state index contributed by atoms with van der Waals surface area (Å²) in [5.74, 6) is -3.11. The maximum absolute atomic E-state index is 14.6. The summed E-state index contributed by atoms with van der Waals surface area (Å²) >= 11 is 0. The Balaban J connectivity index is 1.24. The quantitative estimate of drug-likeness (QED) is 0.155. The number of nitrogens with zero attached hydrogens (tertiary/aromatic N) is 9. The number of benzene rings is 1. The molecule has 0 amide bonds. The normalized spacial score (nSPS) is 39.9. The van der Waals surface area contributed by atoms with Gasteiger partial charge in [-0.2, -0.15) is 0 Å². The number of aromatic nitrogens is 7. The smallest absolute Gasteiger partial charge is 0.309 e. The number of cyclic esters (lactones) is 1. The van der Waals surface area contributed by atoms with Crippen molar-refractivity contribution in [2.24, 2.45) is 23.7 Å². The Hall–Kier alpha value is -3.54. The molecule has 70 heavy (non-hydrogen) atoms. The molecular formula is C50H83N9O11. The van der Waals surface area contributed by atoms with Crippen molar-refractivity contribution in [2.75, 3.05) is 34.3 Å². The molecule has 0 bridgehead atoms. The maximum Gasteiger partial charge on any atom is 0.309 e. The Labute approximate surface area is 413 Å². The molecule has 3 fully saturated rings. The predicted molar refractivity (Wildman–Crippen MR) is 258 cm³/mol. The standard InChI is InChI=1S/C50H83N9O11/c1-14-40-50(10,65)43(61)33(6)57(12)26-29(2)24-48(8,64)45(31(4)41(32(5)46(63)69-40)39-25-49(9,66-13)44(62)34(7)68-39)70-47-42(60)38(23-30(3)67-47)56(11)21-20-36-27-58(54-52-36)22-19-35-15-17-37(18-16-35)59-28-51-53-55-59/h15-18,27-34,38-45,47,60-62,64-65H,14,19-26H2,1-13H3/t29-,30-,31+,32-,33-,34+,38+,39?,40-,41+,42-,43-,44+,45-,47+,48-,49-,50-/m1/s1. The van der Waals surface area contributed by atoms with Crippen LogP contribution in [0.3, 0.4) is 0 Å². The average Bonchev–Trinajstić information content (AvgIpc) is 4.03. The number of hydrogen-bond donors (Lipinski definition) is 5. The van der Waals surface area contributed by atoms with Crippen LogP contribution in [0.1, 0.15) is 106 Å². The van der Waals surface area contributed by atoms with E-state index in [1.54, 1.807) is 38.7 Å². The van der Waals surface area contributed by atoms with E-state index in [1.807, 2.05) is 88.8 Å². The Bertz CT molecular complexity index is 2090. The number of aliphatic hydroxyl groups is 5. The number of methoxy groups -OCH3 is 1. The first-order valence-electron chi connectivity index (χ1n) is 25.2. The highest BCUT2D eigenvalue weighted by atomic mass is 16.7. The van der Waals surface area contributed by atoms with Crippen LogP contribution in [0.5, 0.6) is 0 Å². The van der Waals surface area contributed by atoms with Crippen LogP contribution in [-0.2, 0) is 47.9 Å². The number of rotatable bonds is 13. The SMILES string of the molecule is CC[C@H]1OC(=O)[C@H](C)[C@@H](C2C[C@@](C)(OC)[C@@H](O)[C@H](C)O2)[C@H](C)[C@@H](O[C@@H]2O[C@H](C)C[C@H](N(C)CCc3cn(CCc4ccc(-n5cnnn5)cc4)nn3)[C@H]2O)[C@](C)(O)C[C@@H](C)CN(C)[C@H](C)[C@@H](O)[C@]1(C)O. The van der Waals surface area contributed by atoms with Gasteiger partial charge in [0.25, 0.3) is 0 Å². The monoisotopic (exact) mass is 986 g/mol. The first kappa shape index (κ1) is 55.8. The van der Waals surface area contributed by atoms with E-state index >= 15 is 0 Å². The molecule has 1 aromatic carbocycles. The van der Waals surface area contributed by atoms with Crippen LogP contribution in [0.4, 0.5) is 0 Å². The molecular weight excluding hydrogens is 903 g/mol. The number of aliphatic hydroxyl groups excluding tert-OH is 3. The van der Waals surface area contributed by atoms with Crippen molar-refractivity contribution in [2.45, 2.75) is 198 Å². The summed E-state index contributed by atoms with van der Waals surface area (Å²) < 4.78 is 35.6. The third-order valence-electron chi connectivity index (χ3n) is 15.9. The number of ether oxygens (including phenoxy) is 5. The molecule has 2 aromatic heterocycles. The molecule has 1 unspecified atom stereocenters. The molecule has 20 heteroatoms. The first-order chi connectivity index (χ1) is 32.9. The van der Waals surface area contributed by atoms with Crippen molar-refractivity contribution in [3.05, 3.63) is 48.0 Å². The van der Waals surface area contributed by atoms with E-state index in [1.165, 1.54) is 14.0 Å². The van der Waals surface area contributed by atoms with E-state index < -0.39 is 102 Å². The number of hydrogen-bond acceptors (Lipinski definition) is 18. The van der Waals surface area contributed by atoms with Gasteiger partial charge in [-0.25, -0.2) is 4.68 Å². The fraction of sp³-hybridized carbons (Fsp3) is 0.800. The average molecular weight is 986 g/mol. The van der Waals surface area contributed by atoms with Crippen LogP contribution in [0.2, 0.25) is 0 Å². The minimum atomic E-state index is -1.81. The topological polar surface area (TPSA) is 245 Å². The number of likely N-dealkylation sites (N-methyl/N-ethyl adjacent to an activating group) is 2. The summed E-state index contributed by atoms with van der Waals surface area (Å²) in [5.41, 5.74) is -1.62. The molecule has 0 spiro atoms. The van der Waals surface area contributed by atoms with Gasteiger partial charge in [-0.15, -0.1) is 10.2 Å². The minimum Gasteiger partial charge on any atom is -0.459 e. The highest BCUT2D eigenvalue weighted by molar-refractivity contribution is 5.73. The molecule has 3 aliphatic heterocycles. The van der Waals surface area contributed by atoms with Crippen LogP contribution in [0.25, 0.3) is 5.69 Å². The van der Waals surface area contributed by atoms with Crippen molar-refractivity contribution in [1.82, 2.24) is 45.0 Å². The second-order valence-electron chi connectivity index (χ2n) is 21.7. The largest absolute Gasteiger partial charge is 0.459 e. The van der Waals surface area contributed by atoms with Gasteiger partial charge in [0.15, 0.2) is 6.29 Å². The molecule has 3 aromatic rings. The van der Waals surface area contributed by atoms with Crippen LogP contribution < -0.4 is 0 Å². The fourth-order valence-electron chi connectivity index (χ4n) is 11.6. The maximum atomic E-state index is 14.6. The van der Waals surface area contributed by atoms with Crippen molar-refractivity contribution < 1.29 is 54.0 Å². The van der Waals surface area contributed by atoms with Gasteiger partial charge in [0, 0.05) is 63.8 Å². The molecule has 18 atom stereocenters. The number of aryl methyl sites for hydroxylation is 2.